The number of amides is 1. The number of nitrogens with one attached hydrogen (secondary N) is 1. The lowest BCUT2D eigenvalue weighted by Crippen LogP contribution is -2.48. The number of hydrogen-bond donors (Lipinski definition) is 1. The van der Waals surface area contributed by atoms with E-state index in [0.717, 1.165) is 67.2 Å². The molecule has 2 aliphatic rings. The van der Waals surface area contributed by atoms with Gasteiger partial charge in [0, 0.05) is 50.1 Å². The molecule has 0 saturated carbocycles. The molecule has 0 aliphatic carbocycles. The van der Waals surface area contributed by atoms with Crippen molar-refractivity contribution in [1.29, 1.82) is 0 Å². The van der Waals surface area contributed by atoms with Crippen molar-refractivity contribution < 1.29 is 4.79 Å². The van der Waals surface area contributed by atoms with Gasteiger partial charge in [0.05, 0.1) is 12.2 Å². The van der Waals surface area contributed by atoms with Crippen LogP contribution in [0.25, 0.3) is 0 Å². The van der Waals surface area contributed by atoms with E-state index in [4.69, 9.17) is 0 Å². The molecular formula is C21H30N6O2S. The smallest absolute Gasteiger partial charge is 0.271 e. The van der Waals surface area contributed by atoms with Crippen LogP contribution in [0.2, 0.25) is 0 Å². The fourth-order valence-corrected chi connectivity index (χ4v) is 5.15. The van der Waals surface area contributed by atoms with Crippen molar-refractivity contribution in [3.05, 3.63) is 45.1 Å². The van der Waals surface area contributed by atoms with Crippen LogP contribution in [0.3, 0.4) is 0 Å². The molecule has 9 heteroatoms. The third-order valence-corrected chi connectivity index (χ3v) is 7.11. The fourth-order valence-electron chi connectivity index (χ4n) is 4.19. The molecule has 162 valence electrons. The summed E-state index contributed by atoms with van der Waals surface area (Å²) in [4.78, 5) is 27.3. The number of piperidine rings is 1. The van der Waals surface area contributed by atoms with Crippen molar-refractivity contribution in [3.63, 3.8) is 0 Å². The summed E-state index contributed by atoms with van der Waals surface area (Å²) in [5.74, 6) is 1.83. The second kappa shape index (κ2) is 9.34. The Balaban J connectivity index is 1.36. The van der Waals surface area contributed by atoms with E-state index in [0.29, 0.717) is 18.8 Å². The summed E-state index contributed by atoms with van der Waals surface area (Å²) >= 11 is 1.86. The third-order valence-electron chi connectivity index (χ3n) is 6.10. The van der Waals surface area contributed by atoms with E-state index in [-0.39, 0.29) is 17.5 Å². The van der Waals surface area contributed by atoms with Crippen LogP contribution in [-0.4, -0.2) is 61.8 Å². The first-order valence-electron chi connectivity index (χ1n) is 10.7. The first-order valence-corrected chi connectivity index (χ1v) is 11.9. The molecule has 30 heavy (non-hydrogen) atoms. The van der Waals surface area contributed by atoms with Crippen molar-refractivity contribution >= 4 is 17.7 Å². The minimum atomic E-state index is -0.130. The monoisotopic (exact) mass is 430 g/mol. The Hall–Kier alpha value is -2.13. The number of fused-ring (bicyclic) bond motifs is 1. The lowest BCUT2D eigenvalue weighted by atomic mass is 10.0. The van der Waals surface area contributed by atoms with E-state index >= 15 is 0 Å². The van der Waals surface area contributed by atoms with Crippen molar-refractivity contribution in [2.75, 3.05) is 25.4 Å². The van der Waals surface area contributed by atoms with Crippen molar-refractivity contribution in [2.24, 2.45) is 7.05 Å². The number of carbonyl (C=O) groups is 1. The molecule has 1 saturated heterocycles. The molecule has 0 aromatic carbocycles. The molecule has 1 amide bonds. The Labute approximate surface area is 181 Å². The molecule has 0 spiro atoms. The normalized spacial score (nSPS) is 19.5. The first kappa shape index (κ1) is 21.1. The second-order valence-electron chi connectivity index (χ2n) is 8.17. The van der Waals surface area contributed by atoms with Gasteiger partial charge in [-0.3, -0.25) is 19.2 Å². The molecule has 1 N–H and O–H groups in total. The summed E-state index contributed by atoms with van der Waals surface area (Å²) in [5.41, 5.74) is 3.57. The van der Waals surface area contributed by atoms with Gasteiger partial charge in [0.15, 0.2) is 0 Å². The maximum atomic E-state index is 12.5. The Morgan fingerprint density at radius 2 is 2.13 bits per heavy atom. The number of thioether (sulfide) groups is 1. The summed E-state index contributed by atoms with van der Waals surface area (Å²) in [7, 11) is 1.84. The van der Waals surface area contributed by atoms with Gasteiger partial charge in [0.1, 0.15) is 5.69 Å². The number of rotatable bonds is 6. The van der Waals surface area contributed by atoms with E-state index < -0.39 is 0 Å². The molecule has 4 heterocycles. The van der Waals surface area contributed by atoms with Crippen LogP contribution in [0.5, 0.6) is 0 Å². The predicted octanol–water partition coefficient (Wildman–Crippen LogP) is 1.36. The van der Waals surface area contributed by atoms with Gasteiger partial charge in [-0.25, -0.2) is 4.68 Å². The van der Waals surface area contributed by atoms with Crippen molar-refractivity contribution in [2.45, 2.75) is 50.9 Å². The van der Waals surface area contributed by atoms with E-state index in [2.05, 4.69) is 20.4 Å². The zero-order chi connectivity index (χ0) is 21.1. The van der Waals surface area contributed by atoms with Gasteiger partial charge in [-0.1, -0.05) is 6.42 Å². The van der Waals surface area contributed by atoms with E-state index in [1.165, 1.54) is 0 Å². The zero-order valence-corrected chi connectivity index (χ0v) is 18.6. The van der Waals surface area contributed by atoms with Gasteiger partial charge in [0.25, 0.3) is 11.5 Å². The van der Waals surface area contributed by atoms with Gasteiger partial charge < -0.3 is 5.32 Å². The highest BCUT2D eigenvalue weighted by Gasteiger charge is 2.24. The van der Waals surface area contributed by atoms with Crippen LogP contribution < -0.4 is 10.9 Å². The summed E-state index contributed by atoms with van der Waals surface area (Å²) in [6.07, 6.45) is 4.29. The highest BCUT2D eigenvalue weighted by Crippen LogP contribution is 2.21. The van der Waals surface area contributed by atoms with E-state index in [1.54, 1.807) is 21.5 Å². The molecule has 8 nitrogen and oxygen atoms in total. The van der Waals surface area contributed by atoms with Crippen molar-refractivity contribution in [3.8, 4) is 0 Å². The molecule has 1 fully saturated rings. The second-order valence-corrected chi connectivity index (χ2v) is 9.28. The fraction of sp³-hybridized carbons (Fsp3) is 0.619. The van der Waals surface area contributed by atoms with Crippen LogP contribution in [0.1, 0.15) is 46.7 Å². The van der Waals surface area contributed by atoms with Gasteiger partial charge in [0.2, 0.25) is 0 Å². The molecule has 1 atom stereocenters. The Bertz CT molecular complexity index is 949. The Morgan fingerprint density at radius 1 is 1.27 bits per heavy atom. The van der Waals surface area contributed by atoms with Crippen LogP contribution in [-0.2, 0) is 25.8 Å². The zero-order valence-electron chi connectivity index (χ0n) is 17.8. The molecule has 2 aromatic heterocycles. The SMILES string of the molecule is Cc1cc(C(=O)NCC2CCCCN2CCn2nc3c(cc2=O)CSCC3)nn1C. The summed E-state index contributed by atoms with van der Waals surface area (Å²) in [6.45, 7) is 4.87. The highest BCUT2D eigenvalue weighted by atomic mass is 32.2. The Morgan fingerprint density at radius 3 is 2.93 bits per heavy atom. The minimum absolute atomic E-state index is 0.0105. The van der Waals surface area contributed by atoms with Gasteiger partial charge in [-0.2, -0.15) is 22.0 Å². The van der Waals surface area contributed by atoms with Crippen molar-refractivity contribution in [1.82, 2.24) is 29.8 Å². The first-order chi connectivity index (χ1) is 14.5. The quantitative estimate of drug-likeness (QED) is 0.745. The lowest BCUT2D eigenvalue weighted by Gasteiger charge is -2.35. The van der Waals surface area contributed by atoms with Gasteiger partial charge in [-0.15, -0.1) is 0 Å². The summed E-state index contributed by atoms with van der Waals surface area (Å²) in [6, 6.07) is 3.84. The topological polar surface area (TPSA) is 85.1 Å². The van der Waals surface area contributed by atoms with Crippen LogP contribution in [0.4, 0.5) is 0 Å². The maximum absolute atomic E-state index is 12.5. The number of aromatic nitrogens is 4. The third kappa shape index (κ3) is 4.78. The van der Waals surface area contributed by atoms with E-state index in [9.17, 15) is 9.59 Å². The number of aryl methyl sites for hydroxylation is 3. The summed E-state index contributed by atoms with van der Waals surface area (Å²) in [5, 5.41) is 11.9. The molecule has 0 radical (unpaired) electrons. The Kier molecular flexibility index (Phi) is 6.58. The van der Waals surface area contributed by atoms with Gasteiger partial charge in [-0.05, 0) is 43.7 Å². The number of likely N-dealkylation sites (tertiary alicyclic amines) is 1. The predicted molar refractivity (Wildman–Crippen MR) is 118 cm³/mol. The molecule has 1 unspecified atom stereocenters. The number of carbonyl (C=O) groups excluding carboxylic acids is 1. The minimum Gasteiger partial charge on any atom is -0.349 e. The maximum Gasteiger partial charge on any atom is 0.271 e. The highest BCUT2D eigenvalue weighted by molar-refractivity contribution is 7.98. The molecule has 4 rings (SSSR count). The molecular weight excluding hydrogens is 400 g/mol. The summed E-state index contributed by atoms with van der Waals surface area (Å²) < 4.78 is 3.33. The standard InChI is InChI=1S/C21H30N6O2S/c1-15-11-19(23-25(15)2)21(29)22-13-17-5-3-4-7-26(17)8-9-27-20(28)12-16-14-30-10-6-18(16)24-27/h11-12,17H,3-10,13-14H2,1-2H3,(H,22,29). The molecule has 0 bridgehead atoms. The average Bonchev–Trinajstić information content (AvgIpc) is 3.09. The van der Waals surface area contributed by atoms with Crippen LogP contribution >= 0.6 is 11.8 Å². The lowest BCUT2D eigenvalue weighted by molar-refractivity contribution is 0.0903. The molecule has 2 aromatic rings. The van der Waals surface area contributed by atoms with Gasteiger partial charge >= 0.3 is 0 Å². The molecule has 2 aliphatic heterocycles. The van der Waals surface area contributed by atoms with Crippen LogP contribution in [0, 0.1) is 6.92 Å². The number of hydrogen-bond acceptors (Lipinski definition) is 6. The van der Waals surface area contributed by atoms with E-state index in [1.807, 2.05) is 25.7 Å². The van der Waals surface area contributed by atoms with Crippen LogP contribution in [0.15, 0.2) is 16.9 Å². The number of nitrogens with zero attached hydrogens (tertiary/aromatic N) is 5. The average molecular weight is 431 g/mol. The largest absolute Gasteiger partial charge is 0.349 e.